The maximum Gasteiger partial charge on any atom is 0.265 e. The van der Waals surface area contributed by atoms with E-state index >= 15 is 0 Å². The van der Waals surface area contributed by atoms with Crippen LogP contribution in [0.1, 0.15) is 31.1 Å². The van der Waals surface area contributed by atoms with Crippen molar-refractivity contribution in [3.05, 3.63) is 59.7 Å². The second-order valence-corrected chi connectivity index (χ2v) is 5.33. The molecule has 0 saturated carbocycles. The number of hydrogen-bond acceptors (Lipinski definition) is 3. The number of anilines is 1. The van der Waals surface area contributed by atoms with Crippen molar-refractivity contribution in [2.45, 2.75) is 33.0 Å². The number of aliphatic hydroxyl groups excluding tert-OH is 1. The summed E-state index contributed by atoms with van der Waals surface area (Å²) in [6.07, 6.45) is -1.28. The lowest BCUT2D eigenvalue weighted by atomic mass is 10.1. The van der Waals surface area contributed by atoms with Gasteiger partial charge in [0.1, 0.15) is 5.75 Å². The Balaban J connectivity index is 2.04. The molecule has 0 heterocycles. The molecular weight excluding hydrogens is 278 g/mol. The van der Waals surface area contributed by atoms with Gasteiger partial charge in [0, 0.05) is 11.3 Å². The molecular formula is C18H21NO3. The zero-order valence-electron chi connectivity index (χ0n) is 13.0. The summed E-state index contributed by atoms with van der Waals surface area (Å²) < 4.78 is 5.63. The number of nitrogens with one attached hydrogen (secondary N) is 1. The van der Waals surface area contributed by atoms with E-state index in [0.29, 0.717) is 17.0 Å². The van der Waals surface area contributed by atoms with Gasteiger partial charge in [0.05, 0.1) is 6.10 Å². The number of benzene rings is 2. The van der Waals surface area contributed by atoms with Gasteiger partial charge in [-0.25, -0.2) is 0 Å². The number of hydrogen-bond donors (Lipinski definition) is 2. The van der Waals surface area contributed by atoms with E-state index in [4.69, 9.17) is 4.74 Å². The zero-order valence-corrected chi connectivity index (χ0v) is 13.0. The maximum atomic E-state index is 12.2. The number of rotatable bonds is 5. The number of aliphatic hydroxyl groups is 1. The third kappa shape index (κ3) is 4.09. The van der Waals surface area contributed by atoms with Gasteiger partial charge in [-0.05, 0) is 39.0 Å². The predicted octanol–water partition coefficient (Wildman–Crippen LogP) is 3.45. The van der Waals surface area contributed by atoms with E-state index in [1.807, 2.05) is 43.3 Å². The molecule has 0 bridgehead atoms. The first-order valence-corrected chi connectivity index (χ1v) is 7.28. The van der Waals surface area contributed by atoms with Crippen LogP contribution in [-0.4, -0.2) is 17.1 Å². The van der Waals surface area contributed by atoms with Gasteiger partial charge in [-0.3, -0.25) is 4.79 Å². The third-order valence-electron chi connectivity index (χ3n) is 3.37. The molecule has 0 aliphatic heterocycles. The Hall–Kier alpha value is -2.33. The van der Waals surface area contributed by atoms with E-state index in [1.54, 1.807) is 26.0 Å². The Labute approximate surface area is 130 Å². The summed E-state index contributed by atoms with van der Waals surface area (Å²) in [7, 11) is 0. The van der Waals surface area contributed by atoms with Crippen LogP contribution in [0, 0.1) is 6.92 Å². The molecule has 2 rings (SSSR count). The zero-order chi connectivity index (χ0) is 16.1. The van der Waals surface area contributed by atoms with Crippen LogP contribution < -0.4 is 10.1 Å². The molecule has 2 N–H and O–H groups in total. The highest BCUT2D eigenvalue weighted by Gasteiger charge is 2.17. The second-order valence-electron chi connectivity index (χ2n) is 5.33. The van der Waals surface area contributed by atoms with Crippen molar-refractivity contribution in [3.8, 4) is 5.75 Å². The van der Waals surface area contributed by atoms with E-state index < -0.39 is 12.2 Å². The topological polar surface area (TPSA) is 58.6 Å². The number of carbonyl (C=O) groups is 1. The number of ether oxygens (including phenoxy) is 1. The molecule has 0 aromatic heterocycles. The SMILES string of the molecule is Cc1ccc(OC(C)C(=O)Nc2ccccc2C(C)O)cc1. The van der Waals surface area contributed by atoms with Gasteiger partial charge >= 0.3 is 0 Å². The number of amides is 1. The van der Waals surface area contributed by atoms with Crippen LogP contribution in [0.4, 0.5) is 5.69 Å². The average Bonchev–Trinajstić information content (AvgIpc) is 2.49. The predicted molar refractivity (Wildman–Crippen MR) is 87.0 cm³/mol. The standard InChI is InChI=1S/C18H21NO3/c1-12-8-10-15(11-9-12)22-14(3)18(21)19-17-7-5-4-6-16(17)13(2)20/h4-11,13-14,20H,1-3H3,(H,19,21). The van der Waals surface area contributed by atoms with Gasteiger partial charge in [0.25, 0.3) is 5.91 Å². The van der Waals surface area contributed by atoms with Gasteiger partial charge in [-0.2, -0.15) is 0 Å². The average molecular weight is 299 g/mol. The summed E-state index contributed by atoms with van der Waals surface area (Å²) >= 11 is 0. The summed E-state index contributed by atoms with van der Waals surface area (Å²) in [5.41, 5.74) is 2.41. The minimum absolute atomic E-state index is 0.256. The smallest absolute Gasteiger partial charge is 0.265 e. The van der Waals surface area contributed by atoms with Crippen LogP contribution in [0.5, 0.6) is 5.75 Å². The van der Waals surface area contributed by atoms with Crippen LogP contribution in [0.3, 0.4) is 0 Å². The quantitative estimate of drug-likeness (QED) is 0.889. The summed E-state index contributed by atoms with van der Waals surface area (Å²) in [5, 5.41) is 12.5. The lowest BCUT2D eigenvalue weighted by molar-refractivity contribution is -0.122. The molecule has 0 radical (unpaired) electrons. The first-order valence-electron chi connectivity index (χ1n) is 7.28. The number of para-hydroxylation sites is 1. The van der Waals surface area contributed by atoms with Crippen molar-refractivity contribution < 1.29 is 14.6 Å². The fourth-order valence-corrected chi connectivity index (χ4v) is 2.08. The van der Waals surface area contributed by atoms with E-state index in [0.717, 1.165) is 5.56 Å². The second kappa shape index (κ2) is 7.09. The molecule has 0 saturated heterocycles. The van der Waals surface area contributed by atoms with Crippen LogP contribution in [0.2, 0.25) is 0 Å². The molecule has 4 nitrogen and oxygen atoms in total. The highest BCUT2D eigenvalue weighted by molar-refractivity contribution is 5.94. The van der Waals surface area contributed by atoms with Gasteiger partial charge in [-0.1, -0.05) is 35.9 Å². The summed E-state index contributed by atoms with van der Waals surface area (Å²) in [6, 6.07) is 14.7. The van der Waals surface area contributed by atoms with Crippen LogP contribution >= 0.6 is 0 Å². The Kier molecular flexibility index (Phi) is 5.17. The first-order chi connectivity index (χ1) is 10.5. The van der Waals surface area contributed by atoms with Gasteiger partial charge in [0.2, 0.25) is 0 Å². The lowest BCUT2D eigenvalue weighted by Crippen LogP contribution is -2.30. The van der Waals surface area contributed by atoms with Crippen LogP contribution in [-0.2, 0) is 4.79 Å². The minimum Gasteiger partial charge on any atom is -0.481 e. The van der Waals surface area contributed by atoms with Crippen LogP contribution in [0.15, 0.2) is 48.5 Å². The lowest BCUT2D eigenvalue weighted by Gasteiger charge is -2.17. The fourth-order valence-electron chi connectivity index (χ4n) is 2.08. The molecule has 116 valence electrons. The fraction of sp³-hybridized carbons (Fsp3) is 0.278. The highest BCUT2D eigenvalue weighted by Crippen LogP contribution is 2.22. The van der Waals surface area contributed by atoms with Crippen molar-refractivity contribution in [1.82, 2.24) is 0 Å². The van der Waals surface area contributed by atoms with E-state index in [2.05, 4.69) is 5.32 Å². The Morgan fingerprint density at radius 1 is 1.09 bits per heavy atom. The van der Waals surface area contributed by atoms with E-state index in [9.17, 15) is 9.90 Å². The number of aryl methyl sites for hydroxylation is 1. The molecule has 0 aliphatic carbocycles. The van der Waals surface area contributed by atoms with Crippen molar-refractivity contribution in [2.75, 3.05) is 5.32 Å². The molecule has 2 unspecified atom stereocenters. The van der Waals surface area contributed by atoms with E-state index in [1.165, 1.54) is 0 Å². The normalized spacial score (nSPS) is 13.3. The molecule has 2 atom stereocenters. The molecule has 2 aromatic carbocycles. The van der Waals surface area contributed by atoms with Crippen LogP contribution in [0.25, 0.3) is 0 Å². The maximum absolute atomic E-state index is 12.2. The largest absolute Gasteiger partial charge is 0.481 e. The summed E-state index contributed by atoms with van der Waals surface area (Å²) in [4.78, 5) is 12.2. The third-order valence-corrected chi connectivity index (χ3v) is 3.37. The van der Waals surface area contributed by atoms with Gasteiger partial charge in [0.15, 0.2) is 6.10 Å². The molecule has 1 amide bonds. The van der Waals surface area contributed by atoms with Gasteiger partial charge in [-0.15, -0.1) is 0 Å². The molecule has 4 heteroatoms. The molecule has 2 aromatic rings. The first kappa shape index (κ1) is 16.0. The van der Waals surface area contributed by atoms with Crippen molar-refractivity contribution >= 4 is 11.6 Å². The van der Waals surface area contributed by atoms with Crippen molar-refractivity contribution in [1.29, 1.82) is 0 Å². The Morgan fingerprint density at radius 2 is 1.73 bits per heavy atom. The molecule has 0 aliphatic rings. The van der Waals surface area contributed by atoms with Crippen molar-refractivity contribution in [3.63, 3.8) is 0 Å². The van der Waals surface area contributed by atoms with Crippen molar-refractivity contribution in [2.24, 2.45) is 0 Å². The van der Waals surface area contributed by atoms with Gasteiger partial charge < -0.3 is 15.2 Å². The molecule has 22 heavy (non-hydrogen) atoms. The summed E-state index contributed by atoms with van der Waals surface area (Å²) in [5.74, 6) is 0.394. The number of carbonyl (C=O) groups excluding carboxylic acids is 1. The minimum atomic E-state index is -0.648. The Bertz CT molecular complexity index is 635. The summed E-state index contributed by atoms with van der Waals surface area (Å²) in [6.45, 7) is 5.35. The highest BCUT2D eigenvalue weighted by atomic mass is 16.5. The Morgan fingerprint density at radius 3 is 2.36 bits per heavy atom. The monoisotopic (exact) mass is 299 g/mol. The van der Waals surface area contributed by atoms with E-state index in [-0.39, 0.29) is 5.91 Å². The molecule has 0 spiro atoms. The molecule has 0 fully saturated rings.